The summed E-state index contributed by atoms with van der Waals surface area (Å²) in [7, 11) is 0. The second-order valence-electron chi connectivity index (χ2n) is 6.11. The van der Waals surface area contributed by atoms with Crippen LogP contribution in [0.3, 0.4) is 0 Å². The number of rotatable bonds is 10. The van der Waals surface area contributed by atoms with Crippen LogP contribution in [0.1, 0.15) is 59.8 Å². The zero-order chi connectivity index (χ0) is 13.4. The van der Waals surface area contributed by atoms with Crippen molar-refractivity contribution in [2.45, 2.75) is 59.8 Å². The largest absolute Gasteiger partial charge is 0.316 e. The summed E-state index contributed by atoms with van der Waals surface area (Å²) in [5.41, 5.74) is 0.482. The maximum absolute atomic E-state index is 3.58. The Balaban J connectivity index is 2.49. The summed E-state index contributed by atoms with van der Waals surface area (Å²) < 4.78 is 0. The van der Waals surface area contributed by atoms with Crippen LogP contribution in [0.2, 0.25) is 0 Å². The van der Waals surface area contributed by atoms with Crippen LogP contribution in [0.15, 0.2) is 0 Å². The van der Waals surface area contributed by atoms with Crippen molar-refractivity contribution in [2.75, 3.05) is 32.7 Å². The standard InChI is InChI=1S/C16H34N2/c1-5-16(6-2,13-17-7-3)14-18(8-4)12-15-10-9-11-15/h15,17H,5-14H2,1-4H3. The monoisotopic (exact) mass is 254 g/mol. The summed E-state index contributed by atoms with van der Waals surface area (Å²) in [6.45, 7) is 15.4. The first-order chi connectivity index (χ1) is 8.69. The Labute approximate surface area is 115 Å². The average molecular weight is 254 g/mol. The van der Waals surface area contributed by atoms with E-state index in [1.165, 1.54) is 58.3 Å². The molecule has 1 saturated carbocycles. The lowest BCUT2D eigenvalue weighted by atomic mass is 9.80. The number of hydrogen-bond acceptors (Lipinski definition) is 2. The fraction of sp³-hybridized carbons (Fsp3) is 1.00. The van der Waals surface area contributed by atoms with E-state index in [0.29, 0.717) is 5.41 Å². The van der Waals surface area contributed by atoms with Crippen molar-refractivity contribution in [1.82, 2.24) is 10.2 Å². The summed E-state index contributed by atoms with van der Waals surface area (Å²) in [6, 6.07) is 0. The van der Waals surface area contributed by atoms with Crippen molar-refractivity contribution < 1.29 is 0 Å². The first kappa shape index (κ1) is 16.0. The van der Waals surface area contributed by atoms with Gasteiger partial charge in [0.05, 0.1) is 0 Å². The molecule has 0 aromatic heterocycles. The number of nitrogens with zero attached hydrogens (tertiary/aromatic N) is 1. The molecular formula is C16H34N2. The van der Waals surface area contributed by atoms with Crippen LogP contribution in [-0.2, 0) is 0 Å². The van der Waals surface area contributed by atoms with E-state index in [9.17, 15) is 0 Å². The third-order valence-corrected chi connectivity index (χ3v) is 5.00. The van der Waals surface area contributed by atoms with E-state index in [-0.39, 0.29) is 0 Å². The third kappa shape index (κ3) is 4.55. The molecule has 2 nitrogen and oxygen atoms in total. The second kappa shape index (κ2) is 8.16. The van der Waals surface area contributed by atoms with Crippen molar-refractivity contribution in [3.05, 3.63) is 0 Å². The molecule has 0 heterocycles. The van der Waals surface area contributed by atoms with Gasteiger partial charge in [0.15, 0.2) is 0 Å². The van der Waals surface area contributed by atoms with Gasteiger partial charge in [0, 0.05) is 19.6 Å². The molecule has 1 fully saturated rings. The Bertz CT molecular complexity index is 207. The molecule has 0 spiro atoms. The lowest BCUT2D eigenvalue weighted by Gasteiger charge is -2.40. The molecule has 18 heavy (non-hydrogen) atoms. The molecule has 1 aliphatic rings. The van der Waals surface area contributed by atoms with Gasteiger partial charge in [-0.25, -0.2) is 0 Å². The Hall–Kier alpha value is -0.0800. The molecule has 0 amide bonds. The van der Waals surface area contributed by atoms with E-state index in [4.69, 9.17) is 0 Å². The lowest BCUT2D eigenvalue weighted by Crippen LogP contribution is -2.45. The highest BCUT2D eigenvalue weighted by Gasteiger charge is 2.29. The van der Waals surface area contributed by atoms with Gasteiger partial charge in [0.1, 0.15) is 0 Å². The van der Waals surface area contributed by atoms with Gasteiger partial charge in [-0.05, 0) is 50.1 Å². The van der Waals surface area contributed by atoms with E-state index < -0.39 is 0 Å². The molecule has 0 aromatic rings. The van der Waals surface area contributed by atoms with Gasteiger partial charge in [-0.1, -0.05) is 34.1 Å². The van der Waals surface area contributed by atoms with Gasteiger partial charge in [-0.15, -0.1) is 0 Å². The Morgan fingerprint density at radius 1 is 1.11 bits per heavy atom. The molecule has 1 rings (SSSR count). The summed E-state index contributed by atoms with van der Waals surface area (Å²) in [4.78, 5) is 2.70. The molecule has 0 bridgehead atoms. The van der Waals surface area contributed by atoms with E-state index in [1.807, 2.05) is 0 Å². The van der Waals surface area contributed by atoms with Crippen LogP contribution >= 0.6 is 0 Å². The predicted octanol–water partition coefficient (Wildman–Crippen LogP) is 3.52. The first-order valence-electron chi connectivity index (χ1n) is 8.12. The maximum Gasteiger partial charge on any atom is 0.00499 e. The summed E-state index contributed by atoms with van der Waals surface area (Å²) in [6.07, 6.45) is 6.98. The van der Waals surface area contributed by atoms with E-state index >= 15 is 0 Å². The van der Waals surface area contributed by atoms with Crippen LogP contribution in [0, 0.1) is 11.3 Å². The Morgan fingerprint density at radius 3 is 2.17 bits per heavy atom. The molecule has 1 aliphatic carbocycles. The van der Waals surface area contributed by atoms with E-state index in [2.05, 4.69) is 37.9 Å². The molecule has 0 aromatic carbocycles. The maximum atomic E-state index is 3.58. The zero-order valence-electron chi connectivity index (χ0n) is 13.1. The van der Waals surface area contributed by atoms with Gasteiger partial charge in [0.2, 0.25) is 0 Å². The van der Waals surface area contributed by atoms with Gasteiger partial charge in [-0.3, -0.25) is 0 Å². The number of nitrogens with one attached hydrogen (secondary N) is 1. The Kier molecular flexibility index (Phi) is 7.25. The molecule has 0 saturated heterocycles. The van der Waals surface area contributed by atoms with Gasteiger partial charge < -0.3 is 10.2 Å². The summed E-state index contributed by atoms with van der Waals surface area (Å²) >= 11 is 0. The lowest BCUT2D eigenvalue weighted by molar-refractivity contribution is 0.106. The third-order valence-electron chi connectivity index (χ3n) is 5.00. The molecule has 1 N–H and O–H groups in total. The molecule has 108 valence electrons. The van der Waals surface area contributed by atoms with Crippen molar-refractivity contribution in [3.63, 3.8) is 0 Å². The van der Waals surface area contributed by atoms with Crippen LogP contribution in [0.5, 0.6) is 0 Å². The van der Waals surface area contributed by atoms with Crippen molar-refractivity contribution in [1.29, 1.82) is 0 Å². The average Bonchev–Trinajstić information content (AvgIpc) is 2.36. The van der Waals surface area contributed by atoms with Crippen molar-refractivity contribution >= 4 is 0 Å². The summed E-state index contributed by atoms with van der Waals surface area (Å²) in [5, 5.41) is 3.58. The normalized spacial score (nSPS) is 17.2. The van der Waals surface area contributed by atoms with Gasteiger partial charge in [-0.2, -0.15) is 0 Å². The topological polar surface area (TPSA) is 15.3 Å². The molecule has 0 aliphatic heterocycles. The molecule has 0 unspecified atom stereocenters. The van der Waals surface area contributed by atoms with Crippen LogP contribution < -0.4 is 5.32 Å². The van der Waals surface area contributed by atoms with Crippen molar-refractivity contribution in [3.8, 4) is 0 Å². The van der Waals surface area contributed by atoms with Crippen LogP contribution in [0.25, 0.3) is 0 Å². The highest BCUT2D eigenvalue weighted by Crippen LogP contribution is 2.30. The van der Waals surface area contributed by atoms with E-state index in [1.54, 1.807) is 0 Å². The zero-order valence-corrected chi connectivity index (χ0v) is 13.1. The SMILES string of the molecule is CCNCC(CC)(CC)CN(CC)CC1CCC1. The van der Waals surface area contributed by atoms with Crippen LogP contribution in [0.4, 0.5) is 0 Å². The molecule has 2 heteroatoms. The minimum Gasteiger partial charge on any atom is -0.316 e. The molecular weight excluding hydrogens is 220 g/mol. The van der Waals surface area contributed by atoms with Gasteiger partial charge in [0.25, 0.3) is 0 Å². The smallest absolute Gasteiger partial charge is 0.00499 e. The van der Waals surface area contributed by atoms with E-state index in [0.717, 1.165) is 12.5 Å². The second-order valence-corrected chi connectivity index (χ2v) is 6.11. The quantitative estimate of drug-likeness (QED) is 0.641. The van der Waals surface area contributed by atoms with Crippen LogP contribution in [-0.4, -0.2) is 37.6 Å². The molecule has 0 radical (unpaired) electrons. The molecule has 0 atom stereocenters. The Morgan fingerprint density at radius 2 is 1.78 bits per heavy atom. The highest BCUT2D eigenvalue weighted by atomic mass is 15.1. The van der Waals surface area contributed by atoms with Crippen molar-refractivity contribution in [2.24, 2.45) is 11.3 Å². The first-order valence-corrected chi connectivity index (χ1v) is 8.12. The highest BCUT2D eigenvalue weighted by molar-refractivity contribution is 4.84. The number of hydrogen-bond donors (Lipinski definition) is 1. The minimum absolute atomic E-state index is 0.482. The fourth-order valence-corrected chi connectivity index (χ4v) is 2.99. The predicted molar refractivity (Wildman–Crippen MR) is 81.0 cm³/mol. The fourth-order valence-electron chi connectivity index (χ4n) is 2.99. The summed E-state index contributed by atoms with van der Waals surface area (Å²) in [5.74, 6) is 0.996. The minimum atomic E-state index is 0.482. The van der Waals surface area contributed by atoms with Gasteiger partial charge >= 0.3 is 0 Å².